The molecule has 2 rings (SSSR count). The molecule has 0 radical (unpaired) electrons. The van der Waals surface area contributed by atoms with Crippen LogP contribution < -0.4 is 10.6 Å². The Morgan fingerprint density at radius 2 is 1.68 bits per heavy atom. The van der Waals surface area contributed by atoms with Crippen LogP contribution in [0.15, 0.2) is 42.5 Å². The van der Waals surface area contributed by atoms with Crippen LogP contribution in [0.3, 0.4) is 0 Å². The summed E-state index contributed by atoms with van der Waals surface area (Å²) in [7, 11) is 2.04. The highest BCUT2D eigenvalue weighted by atomic mass is 35.5. The third-order valence-corrected chi connectivity index (χ3v) is 3.49. The number of nitrogens with zero attached hydrogens (tertiary/aromatic N) is 1. The SMILES string of the molecule is CCc1ccc(CN(C)c2ccc(Cl)cc2N)cc1. The molecule has 0 aliphatic heterocycles. The van der Waals surface area contributed by atoms with Crippen molar-refractivity contribution in [2.45, 2.75) is 19.9 Å². The normalized spacial score (nSPS) is 10.5. The molecule has 0 unspecified atom stereocenters. The van der Waals surface area contributed by atoms with E-state index in [9.17, 15) is 0 Å². The summed E-state index contributed by atoms with van der Waals surface area (Å²) in [6.07, 6.45) is 1.07. The highest BCUT2D eigenvalue weighted by Crippen LogP contribution is 2.26. The summed E-state index contributed by atoms with van der Waals surface area (Å²) in [5, 5.41) is 0.668. The Bertz CT molecular complexity index is 549. The molecule has 2 aromatic rings. The number of aryl methyl sites for hydroxylation is 1. The Labute approximate surface area is 119 Å². The lowest BCUT2D eigenvalue weighted by Gasteiger charge is -2.21. The first-order valence-corrected chi connectivity index (χ1v) is 6.82. The van der Waals surface area contributed by atoms with Gasteiger partial charge in [-0.25, -0.2) is 0 Å². The Balaban J connectivity index is 2.13. The second kappa shape index (κ2) is 5.98. The number of anilines is 2. The fourth-order valence-electron chi connectivity index (χ4n) is 2.11. The molecule has 0 saturated carbocycles. The lowest BCUT2D eigenvalue weighted by Crippen LogP contribution is -2.17. The average molecular weight is 275 g/mol. The van der Waals surface area contributed by atoms with Crippen LogP contribution in [0.4, 0.5) is 11.4 Å². The Kier molecular flexibility index (Phi) is 4.33. The van der Waals surface area contributed by atoms with Gasteiger partial charge in [-0.15, -0.1) is 0 Å². The Morgan fingerprint density at radius 3 is 2.26 bits per heavy atom. The minimum atomic E-state index is 0.668. The topological polar surface area (TPSA) is 29.3 Å². The molecular formula is C16H19ClN2. The molecule has 2 N–H and O–H groups in total. The molecule has 0 fully saturated rings. The van der Waals surface area contributed by atoms with Crippen LogP contribution >= 0.6 is 11.6 Å². The summed E-state index contributed by atoms with van der Waals surface area (Å²) < 4.78 is 0. The maximum absolute atomic E-state index is 6.00. The summed E-state index contributed by atoms with van der Waals surface area (Å²) in [4.78, 5) is 2.13. The van der Waals surface area contributed by atoms with Gasteiger partial charge in [0, 0.05) is 18.6 Å². The maximum atomic E-state index is 6.00. The summed E-state index contributed by atoms with van der Waals surface area (Å²) in [6, 6.07) is 14.3. The van der Waals surface area contributed by atoms with Crippen LogP contribution in [0.1, 0.15) is 18.1 Å². The van der Waals surface area contributed by atoms with Crippen molar-refractivity contribution < 1.29 is 0 Å². The fourth-order valence-corrected chi connectivity index (χ4v) is 2.29. The van der Waals surface area contributed by atoms with Crippen molar-refractivity contribution in [3.8, 4) is 0 Å². The summed E-state index contributed by atoms with van der Waals surface area (Å²) >= 11 is 5.92. The van der Waals surface area contributed by atoms with E-state index in [4.69, 9.17) is 17.3 Å². The molecule has 0 spiro atoms. The second-order valence-corrected chi connectivity index (χ2v) is 5.17. The van der Waals surface area contributed by atoms with E-state index < -0.39 is 0 Å². The van der Waals surface area contributed by atoms with Crippen LogP contribution in [0.5, 0.6) is 0 Å². The Hall–Kier alpha value is -1.67. The van der Waals surface area contributed by atoms with E-state index in [1.165, 1.54) is 11.1 Å². The minimum Gasteiger partial charge on any atom is -0.397 e. The van der Waals surface area contributed by atoms with Crippen molar-refractivity contribution in [3.05, 3.63) is 58.6 Å². The number of halogens is 1. The molecule has 0 amide bonds. The van der Waals surface area contributed by atoms with E-state index in [0.717, 1.165) is 18.7 Å². The van der Waals surface area contributed by atoms with Crippen molar-refractivity contribution in [2.75, 3.05) is 17.7 Å². The number of nitrogens with two attached hydrogens (primary N) is 1. The number of hydrogen-bond donors (Lipinski definition) is 1. The molecule has 2 aromatic carbocycles. The largest absolute Gasteiger partial charge is 0.397 e. The van der Waals surface area contributed by atoms with Gasteiger partial charge in [0.1, 0.15) is 0 Å². The molecule has 0 aliphatic rings. The molecule has 0 atom stereocenters. The molecular weight excluding hydrogens is 256 g/mol. The molecule has 0 bridgehead atoms. The van der Waals surface area contributed by atoms with E-state index in [1.807, 2.05) is 19.2 Å². The highest BCUT2D eigenvalue weighted by molar-refractivity contribution is 6.31. The maximum Gasteiger partial charge on any atom is 0.0601 e. The van der Waals surface area contributed by atoms with Gasteiger partial charge < -0.3 is 10.6 Å². The predicted octanol–water partition coefficient (Wildman–Crippen LogP) is 4.12. The van der Waals surface area contributed by atoms with Gasteiger partial charge >= 0.3 is 0 Å². The molecule has 2 nitrogen and oxygen atoms in total. The number of hydrogen-bond acceptors (Lipinski definition) is 2. The molecule has 3 heteroatoms. The summed E-state index contributed by atoms with van der Waals surface area (Å²) in [5.74, 6) is 0. The molecule has 19 heavy (non-hydrogen) atoms. The van der Waals surface area contributed by atoms with Crippen molar-refractivity contribution in [1.82, 2.24) is 0 Å². The molecule has 0 aliphatic carbocycles. The van der Waals surface area contributed by atoms with Crippen LogP contribution in [0.2, 0.25) is 5.02 Å². The first-order chi connectivity index (χ1) is 9.10. The van der Waals surface area contributed by atoms with E-state index in [2.05, 4.69) is 36.1 Å². The molecule has 0 heterocycles. The zero-order valence-electron chi connectivity index (χ0n) is 11.4. The zero-order chi connectivity index (χ0) is 13.8. The summed E-state index contributed by atoms with van der Waals surface area (Å²) in [5.41, 5.74) is 10.3. The van der Waals surface area contributed by atoms with Gasteiger partial charge in [0.2, 0.25) is 0 Å². The van der Waals surface area contributed by atoms with E-state index in [-0.39, 0.29) is 0 Å². The lowest BCUT2D eigenvalue weighted by molar-refractivity contribution is 0.923. The van der Waals surface area contributed by atoms with Gasteiger partial charge in [0.15, 0.2) is 0 Å². The van der Waals surface area contributed by atoms with Crippen LogP contribution in [0.25, 0.3) is 0 Å². The zero-order valence-corrected chi connectivity index (χ0v) is 12.1. The monoisotopic (exact) mass is 274 g/mol. The molecule has 100 valence electrons. The summed E-state index contributed by atoms with van der Waals surface area (Å²) in [6.45, 7) is 2.99. The lowest BCUT2D eigenvalue weighted by atomic mass is 10.1. The van der Waals surface area contributed by atoms with Crippen molar-refractivity contribution in [3.63, 3.8) is 0 Å². The number of rotatable bonds is 4. The fraction of sp³-hybridized carbons (Fsp3) is 0.250. The molecule has 0 saturated heterocycles. The van der Waals surface area contributed by atoms with Gasteiger partial charge in [-0.1, -0.05) is 42.8 Å². The van der Waals surface area contributed by atoms with Gasteiger partial charge in [-0.3, -0.25) is 0 Å². The van der Waals surface area contributed by atoms with Crippen LogP contribution in [0, 0.1) is 0 Å². The van der Waals surface area contributed by atoms with E-state index >= 15 is 0 Å². The molecule has 0 aromatic heterocycles. The van der Waals surface area contributed by atoms with Crippen molar-refractivity contribution >= 4 is 23.0 Å². The average Bonchev–Trinajstić information content (AvgIpc) is 2.39. The first-order valence-electron chi connectivity index (χ1n) is 6.44. The van der Waals surface area contributed by atoms with Crippen molar-refractivity contribution in [1.29, 1.82) is 0 Å². The second-order valence-electron chi connectivity index (χ2n) is 4.73. The smallest absolute Gasteiger partial charge is 0.0601 e. The van der Waals surface area contributed by atoms with Crippen LogP contribution in [-0.2, 0) is 13.0 Å². The van der Waals surface area contributed by atoms with Gasteiger partial charge in [-0.05, 0) is 35.7 Å². The number of nitrogen functional groups attached to an aromatic ring is 1. The third kappa shape index (κ3) is 3.42. The minimum absolute atomic E-state index is 0.668. The first kappa shape index (κ1) is 13.8. The van der Waals surface area contributed by atoms with Gasteiger partial charge in [0.05, 0.1) is 11.4 Å². The highest BCUT2D eigenvalue weighted by Gasteiger charge is 2.06. The number of benzene rings is 2. The quantitative estimate of drug-likeness (QED) is 0.850. The predicted molar refractivity (Wildman–Crippen MR) is 83.8 cm³/mol. The van der Waals surface area contributed by atoms with Crippen LogP contribution in [-0.4, -0.2) is 7.05 Å². The van der Waals surface area contributed by atoms with E-state index in [0.29, 0.717) is 10.7 Å². The van der Waals surface area contributed by atoms with Gasteiger partial charge in [0.25, 0.3) is 0 Å². The standard InChI is InChI=1S/C16H19ClN2/c1-3-12-4-6-13(7-5-12)11-19(2)16-9-8-14(17)10-15(16)18/h4-10H,3,11,18H2,1-2H3. The van der Waals surface area contributed by atoms with E-state index in [1.54, 1.807) is 6.07 Å². The Morgan fingerprint density at radius 1 is 1.05 bits per heavy atom. The van der Waals surface area contributed by atoms with Gasteiger partial charge in [-0.2, -0.15) is 0 Å². The third-order valence-electron chi connectivity index (χ3n) is 3.25. The van der Waals surface area contributed by atoms with Crippen molar-refractivity contribution in [2.24, 2.45) is 0 Å².